The number of thioether (sulfide) groups is 1. The Morgan fingerprint density at radius 1 is 0.932 bits per heavy atom. The number of hydrogen-bond acceptors (Lipinski definition) is 7. The van der Waals surface area contributed by atoms with E-state index < -0.39 is 11.8 Å². The normalized spacial score (nSPS) is 11.2. The van der Waals surface area contributed by atoms with Crippen LogP contribution < -0.4 is 20.7 Å². The molecule has 0 aliphatic heterocycles. The molecular formula is C33H27BrN4O4S2. The third-order valence-electron chi connectivity index (χ3n) is 6.11. The van der Waals surface area contributed by atoms with Crippen molar-refractivity contribution in [1.82, 2.24) is 10.3 Å². The summed E-state index contributed by atoms with van der Waals surface area (Å²) in [6, 6.07) is 28.9. The number of nitrogens with zero attached hydrogens (tertiary/aromatic N) is 1. The minimum atomic E-state index is -0.471. The Bertz CT molecular complexity index is 1810. The molecule has 0 unspecified atom stereocenters. The van der Waals surface area contributed by atoms with Crippen LogP contribution in [0.1, 0.15) is 22.8 Å². The number of halogens is 1. The lowest BCUT2D eigenvalue weighted by molar-refractivity contribution is -0.114. The van der Waals surface area contributed by atoms with Crippen molar-refractivity contribution in [2.75, 3.05) is 23.0 Å². The van der Waals surface area contributed by atoms with Crippen molar-refractivity contribution in [3.8, 4) is 5.75 Å². The lowest BCUT2D eigenvalue weighted by Crippen LogP contribution is -2.30. The first-order chi connectivity index (χ1) is 21.4. The monoisotopic (exact) mass is 686 g/mol. The molecule has 0 bridgehead atoms. The highest BCUT2D eigenvalue weighted by Gasteiger charge is 2.15. The molecule has 5 aromatic rings. The van der Waals surface area contributed by atoms with Gasteiger partial charge in [0.1, 0.15) is 11.4 Å². The van der Waals surface area contributed by atoms with Crippen molar-refractivity contribution in [3.63, 3.8) is 0 Å². The van der Waals surface area contributed by atoms with Gasteiger partial charge in [-0.05, 0) is 85.3 Å². The Hall–Kier alpha value is -4.45. The predicted molar refractivity (Wildman–Crippen MR) is 181 cm³/mol. The predicted octanol–water partition coefficient (Wildman–Crippen LogP) is 7.60. The van der Waals surface area contributed by atoms with E-state index in [1.807, 2.05) is 67.6 Å². The first kappa shape index (κ1) is 31.0. The quantitative estimate of drug-likeness (QED) is 0.0975. The maximum absolute atomic E-state index is 13.3. The fraction of sp³-hybridized carbons (Fsp3) is 0.0909. The van der Waals surface area contributed by atoms with Crippen molar-refractivity contribution < 1.29 is 19.1 Å². The Kier molecular flexibility index (Phi) is 10.4. The van der Waals surface area contributed by atoms with Crippen LogP contribution in [0.3, 0.4) is 0 Å². The summed E-state index contributed by atoms with van der Waals surface area (Å²) in [5.74, 6) is -0.0764. The molecule has 0 spiro atoms. The molecule has 0 aliphatic carbocycles. The van der Waals surface area contributed by atoms with Crippen LogP contribution in [0.5, 0.6) is 5.75 Å². The lowest BCUT2D eigenvalue weighted by atomic mass is 10.1. The van der Waals surface area contributed by atoms with E-state index in [0.29, 0.717) is 23.0 Å². The zero-order valence-electron chi connectivity index (χ0n) is 23.5. The van der Waals surface area contributed by atoms with E-state index in [-0.39, 0.29) is 17.4 Å². The molecule has 222 valence electrons. The van der Waals surface area contributed by atoms with Gasteiger partial charge in [-0.1, -0.05) is 57.6 Å². The molecule has 0 saturated carbocycles. The molecule has 0 atom stereocenters. The summed E-state index contributed by atoms with van der Waals surface area (Å²) >= 11 is 6.17. The van der Waals surface area contributed by atoms with E-state index in [0.717, 1.165) is 30.9 Å². The first-order valence-corrected chi connectivity index (χ1v) is 16.2. The van der Waals surface area contributed by atoms with Gasteiger partial charge in [0, 0.05) is 20.6 Å². The van der Waals surface area contributed by atoms with E-state index in [9.17, 15) is 14.4 Å². The van der Waals surface area contributed by atoms with Gasteiger partial charge in [-0.2, -0.15) is 0 Å². The van der Waals surface area contributed by atoms with Crippen LogP contribution in [0.4, 0.5) is 10.8 Å². The maximum Gasteiger partial charge on any atom is 0.272 e. The number of hydrogen-bond donors (Lipinski definition) is 3. The van der Waals surface area contributed by atoms with E-state index in [4.69, 9.17) is 4.74 Å². The van der Waals surface area contributed by atoms with Crippen LogP contribution in [0, 0.1) is 0 Å². The molecule has 0 radical (unpaired) electrons. The van der Waals surface area contributed by atoms with Crippen LogP contribution in [0.2, 0.25) is 0 Å². The van der Waals surface area contributed by atoms with Gasteiger partial charge in [-0.15, -0.1) is 11.8 Å². The number of rotatable bonds is 11. The van der Waals surface area contributed by atoms with Crippen LogP contribution in [-0.4, -0.2) is 35.1 Å². The van der Waals surface area contributed by atoms with Gasteiger partial charge < -0.3 is 20.7 Å². The summed E-state index contributed by atoms with van der Waals surface area (Å²) in [6.45, 7) is 2.51. The van der Waals surface area contributed by atoms with E-state index in [1.54, 1.807) is 42.5 Å². The Labute approximate surface area is 271 Å². The van der Waals surface area contributed by atoms with Crippen molar-refractivity contribution >= 4 is 83.9 Å². The van der Waals surface area contributed by atoms with E-state index in [2.05, 4.69) is 36.9 Å². The average molecular weight is 688 g/mol. The molecule has 4 aromatic carbocycles. The summed E-state index contributed by atoms with van der Waals surface area (Å²) in [5, 5.41) is 8.97. The minimum Gasteiger partial charge on any atom is -0.494 e. The Morgan fingerprint density at radius 2 is 1.68 bits per heavy atom. The number of carbonyl (C=O) groups excluding carboxylic acids is 3. The summed E-state index contributed by atoms with van der Waals surface area (Å²) in [6.07, 6.45) is 1.62. The number of ether oxygens (including phenoxy) is 1. The number of anilines is 2. The molecule has 11 heteroatoms. The number of nitrogens with one attached hydrogen (secondary N) is 3. The second-order valence-corrected chi connectivity index (χ2v) is 12.3. The maximum atomic E-state index is 13.3. The SMILES string of the molecule is CCOc1ccc2nc(NC(=O)CSc3ccc(NC(=O)/C(=C/c4ccc(Br)cc4)NC(=O)c4ccccc4)cc3)sc2c1. The van der Waals surface area contributed by atoms with E-state index in [1.165, 1.54) is 23.1 Å². The molecule has 0 saturated heterocycles. The number of carbonyl (C=O) groups is 3. The molecular weight excluding hydrogens is 660 g/mol. The van der Waals surface area contributed by atoms with Crippen molar-refractivity contribution in [3.05, 3.63) is 118 Å². The average Bonchev–Trinajstić information content (AvgIpc) is 3.43. The number of aromatic nitrogens is 1. The topological polar surface area (TPSA) is 109 Å². The second-order valence-electron chi connectivity index (χ2n) is 9.33. The largest absolute Gasteiger partial charge is 0.494 e. The highest BCUT2D eigenvalue weighted by Crippen LogP contribution is 2.30. The highest BCUT2D eigenvalue weighted by molar-refractivity contribution is 9.10. The molecule has 8 nitrogen and oxygen atoms in total. The van der Waals surface area contributed by atoms with Crippen LogP contribution in [0.25, 0.3) is 16.3 Å². The minimum absolute atomic E-state index is 0.0975. The van der Waals surface area contributed by atoms with Gasteiger partial charge in [-0.25, -0.2) is 4.98 Å². The highest BCUT2D eigenvalue weighted by atomic mass is 79.9. The molecule has 1 aromatic heterocycles. The van der Waals surface area contributed by atoms with Gasteiger partial charge in [0.25, 0.3) is 11.8 Å². The molecule has 0 fully saturated rings. The van der Waals surface area contributed by atoms with Crippen molar-refractivity contribution in [1.29, 1.82) is 0 Å². The van der Waals surface area contributed by atoms with Crippen molar-refractivity contribution in [2.45, 2.75) is 11.8 Å². The second kappa shape index (κ2) is 14.8. The smallest absolute Gasteiger partial charge is 0.272 e. The first-order valence-electron chi connectivity index (χ1n) is 13.6. The summed E-state index contributed by atoms with van der Waals surface area (Å²) in [5.41, 5.74) is 2.62. The fourth-order valence-corrected chi connectivity index (χ4v) is 5.89. The van der Waals surface area contributed by atoms with Crippen LogP contribution in [0.15, 0.2) is 112 Å². The van der Waals surface area contributed by atoms with Crippen LogP contribution >= 0.6 is 39.0 Å². The number of thiazole rings is 1. The zero-order chi connectivity index (χ0) is 30.9. The Balaban J connectivity index is 1.19. The fourth-order valence-electron chi connectivity index (χ4n) is 4.02. The third-order valence-corrected chi connectivity index (χ3v) is 8.58. The summed E-state index contributed by atoms with van der Waals surface area (Å²) in [4.78, 5) is 44.0. The molecule has 3 N–H and O–H groups in total. The van der Waals surface area contributed by atoms with Gasteiger partial charge >= 0.3 is 0 Å². The molecule has 0 aliphatic rings. The number of benzene rings is 4. The molecule has 3 amide bonds. The molecule has 44 heavy (non-hydrogen) atoms. The summed E-state index contributed by atoms with van der Waals surface area (Å²) in [7, 11) is 0. The van der Waals surface area contributed by atoms with Crippen LogP contribution in [-0.2, 0) is 9.59 Å². The third kappa shape index (κ3) is 8.56. The number of fused-ring (bicyclic) bond motifs is 1. The standard InChI is InChI=1S/C33H27BrN4O4S2/c1-2-42-25-14-17-27-29(19-25)44-33(37-27)38-30(39)20-43-26-15-12-24(13-16-26)35-32(41)28(18-21-8-10-23(34)11-9-21)36-31(40)22-6-4-3-5-7-22/h3-19H,2,20H2,1H3,(H,35,41)(H,36,40)(H,37,38,39)/b28-18-. The Morgan fingerprint density at radius 3 is 2.41 bits per heavy atom. The van der Waals surface area contributed by atoms with Gasteiger partial charge in [0.2, 0.25) is 5.91 Å². The van der Waals surface area contributed by atoms with Crippen molar-refractivity contribution in [2.24, 2.45) is 0 Å². The zero-order valence-corrected chi connectivity index (χ0v) is 26.7. The van der Waals surface area contributed by atoms with Gasteiger partial charge in [0.15, 0.2) is 5.13 Å². The number of amides is 3. The summed E-state index contributed by atoms with van der Waals surface area (Å²) < 4.78 is 7.37. The van der Waals surface area contributed by atoms with Gasteiger partial charge in [0.05, 0.1) is 22.6 Å². The van der Waals surface area contributed by atoms with Gasteiger partial charge in [-0.3, -0.25) is 14.4 Å². The molecule has 5 rings (SSSR count). The van der Waals surface area contributed by atoms with E-state index >= 15 is 0 Å². The lowest BCUT2D eigenvalue weighted by Gasteiger charge is -2.12. The molecule has 1 heterocycles.